The molecule has 0 heterocycles. The molecule has 0 amide bonds. The van der Waals surface area contributed by atoms with Gasteiger partial charge in [-0.2, -0.15) is 0 Å². The Morgan fingerprint density at radius 3 is 0.889 bits per heavy atom. The maximum absolute atomic E-state index is 7.63. The first kappa shape index (κ1) is 59.7. The minimum Gasteiger partial charge on any atom is -0.0651 e. The Kier molecular flexibility index (Phi) is 40.9. The fraction of sp³-hybridized carbons (Fsp3) is 1.00. The Labute approximate surface area is 480 Å². The molecule has 0 radical (unpaired) electrons. The molecule has 0 saturated heterocycles. The number of hydrogen-bond donors (Lipinski definition) is 0. The number of hydrogen-bond acceptors (Lipinski definition) is 0. The molecule has 0 aromatic heterocycles. The Morgan fingerprint density at radius 2 is 0.736 bits per heavy atom. The summed E-state index contributed by atoms with van der Waals surface area (Å²) in [6, 6.07) is 0. The zero-order valence-corrected chi connectivity index (χ0v) is 55.8. The Morgan fingerprint density at radius 1 is 0.472 bits per heavy atom. The van der Waals surface area contributed by atoms with Gasteiger partial charge in [-0.15, -0.1) is 0 Å². The van der Waals surface area contributed by atoms with Crippen LogP contribution in [0.5, 0.6) is 0 Å². The molecule has 0 aromatic rings. The molecule has 6 aliphatic carbocycles. The van der Waals surface area contributed by atoms with E-state index in [1.54, 1.807) is 27.7 Å². The third kappa shape index (κ3) is 70.0. The van der Waals surface area contributed by atoms with E-state index in [0.29, 0.717) is 28.1 Å². The van der Waals surface area contributed by atoms with Crippen LogP contribution in [0, 0.1) is 68.4 Å². The van der Waals surface area contributed by atoms with Crippen LogP contribution < -0.4 is 0 Å². The van der Waals surface area contributed by atoms with E-state index in [0.717, 1.165) is 62.7 Å². The normalized spacial score (nSPS) is 24.2. The van der Waals surface area contributed by atoms with E-state index < -0.39 is 25.5 Å². The summed E-state index contributed by atoms with van der Waals surface area (Å²) >= 11 is 0. The van der Waals surface area contributed by atoms with Gasteiger partial charge in [-0.3, -0.25) is 0 Å². The average molecular weight is 1030 g/mol. The van der Waals surface area contributed by atoms with E-state index >= 15 is 0 Å². The van der Waals surface area contributed by atoms with E-state index in [1.165, 1.54) is 135 Å². The highest BCUT2D eigenvalue weighted by molar-refractivity contribution is 4.78. The van der Waals surface area contributed by atoms with Gasteiger partial charge in [0.1, 0.15) is 0 Å². The van der Waals surface area contributed by atoms with Crippen molar-refractivity contribution in [3.05, 3.63) is 0 Å². The molecular formula is C72H154. The van der Waals surface area contributed by atoms with E-state index in [9.17, 15) is 0 Å². The molecule has 0 bridgehead atoms. The van der Waals surface area contributed by atoms with Gasteiger partial charge in [0.25, 0.3) is 0 Å². The molecule has 0 spiro atoms. The zero-order valence-electron chi connectivity index (χ0n) is 66.8. The second-order valence-electron chi connectivity index (χ2n) is 28.6. The lowest BCUT2D eigenvalue weighted by Gasteiger charge is -2.32. The standard InChI is InChI=1S/C9H18.2C8H16.2C7H14.C7H16.C6H12.C6H14.2C5H12.C4H10/c1-8-4-6-9(2,3)7-5-8;1-3-8(2)6-4-5-7-8;1-2-8-6-4-3-5-7-8;1-7-5-3-2-4-6-7;1-2-7-5-3-4-6-7;1-5-7(3,4)6-2;1-6-4-2-3-5-6;1-5-6(2,3)4;1-5(2,3)4;1-4-5(2)3;1-4(2)3/h8H,4-7H2,1-3H3;3-7H2,1-2H3;8H,2-7H2,1H3;2*7H,2-6H2,1H3;5-6H2,1-4H3;6H,2-5H2,1H3;5H2,1-4H3;1-4H3;5H,4H2,1-3H3;4H,1-3H3/i;;2D2;7D;2D2;;6D;5D2;;4D2;4D. The maximum atomic E-state index is 7.63. The molecule has 0 aliphatic heterocycles. The van der Waals surface area contributed by atoms with Crippen molar-refractivity contribution in [1.29, 1.82) is 0 Å². The van der Waals surface area contributed by atoms with Gasteiger partial charge in [-0.05, 0) is 94.1 Å². The molecule has 6 aliphatic rings. The topological polar surface area (TPSA) is 0 Å². The van der Waals surface area contributed by atoms with Crippen molar-refractivity contribution in [2.75, 3.05) is 0 Å². The summed E-state index contributed by atoms with van der Waals surface area (Å²) < 4.78 is 80.4. The van der Waals surface area contributed by atoms with E-state index in [2.05, 4.69) is 90.0 Å². The third-order valence-corrected chi connectivity index (χ3v) is 15.5. The molecule has 0 heteroatoms. The minimum atomic E-state index is -1.06. The highest BCUT2D eigenvalue weighted by Crippen LogP contribution is 2.40. The molecule has 72 heavy (non-hydrogen) atoms. The Balaban J connectivity index is -0.000000270. The van der Waals surface area contributed by atoms with Gasteiger partial charge in [0.05, 0.1) is 0 Å². The third-order valence-electron chi connectivity index (χ3n) is 15.5. The first-order valence-corrected chi connectivity index (χ1v) is 31.3. The van der Waals surface area contributed by atoms with Crippen molar-refractivity contribution in [1.82, 2.24) is 0 Å². The molecule has 0 aromatic carbocycles. The second kappa shape index (κ2) is 49.3. The zero-order chi connectivity index (χ0) is 66.8. The molecule has 0 nitrogen and oxygen atoms in total. The fourth-order valence-electron chi connectivity index (χ4n) is 8.12. The van der Waals surface area contributed by atoms with Crippen LogP contribution >= 0.6 is 0 Å². The smallest absolute Gasteiger partial charge is 0.0300 e. The summed E-state index contributed by atoms with van der Waals surface area (Å²) in [6.45, 7) is 55.4. The fourth-order valence-corrected chi connectivity index (χ4v) is 8.12. The Bertz CT molecular complexity index is 1410. The van der Waals surface area contributed by atoms with Crippen LogP contribution in [0.1, 0.15) is 414 Å². The van der Waals surface area contributed by atoms with Crippen LogP contribution in [-0.4, -0.2) is 0 Å². The minimum absolute atomic E-state index is 0.0556. The van der Waals surface area contributed by atoms with E-state index in [1.807, 2.05) is 69.2 Å². The van der Waals surface area contributed by atoms with Gasteiger partial charge in [0.15, 0.2) is 0 Å². The molecule has 0 unspecified atom stereocenters. The van der Waals surface area contributed by atoms with Gasteiger partial charge in [-0.25, -0.2) is 0 Å². The van der Waals surface area contributed by atoms with E-state index in [4.69, 9.17) is 15.1 Å². The lowest BCUT2D eigenvalue weighted by Crippen LogP contribution is -2.19. The molecule has 0 N–H and O–H groups in total. The molecule has 6 fully saturated rings. The second-order valence-corrected chi connectivity index (χ2v) is 28.6. The van der Waals surface area contributed by atoms with Crippen molar-refractivity contribution >= 4 is 0 Å². The van der Waals surface area contributed by atoms with Crippen molar-refractivity contribution in [2.24, 2.45) is 68.4 Å². The van der Waals surface area contributed by atoms with Gasteiger partial charge in [0, 0.05) is 15.1 Å². The first-order chi connectivity index (χ1) is 36.8. The van der Waals surface area contributed by atoms with Crippen LogP contribution in [0.15, 0.2) is 0 Å². The van der Waals surface area contributed by atoms with Crippen molar-refractivity contribution in [3.63, 3.8) is 0 Å². The molecule has 0 atom stereocenters. The molecule has 6 rings (SSSR count). The van der Waals surface area contributed by atoms with Crippen molar-refractivity contribution < 1.29 is 15.1 Å². The summed E-state index contributed by atoms with van der Waals surface area (Å²) in [7, 11) is 0. The molecular weight excluding hydrogens is 865 g/mol. The van der Waals surface area contributed by atoms with Crippen molar-refractivity contribution in [3.8, 4) is 0 Å². The highest BCUT2D eigenvalue weighted by Gasteiger charge is 2.26. The molecule has 442 valence electrons. The van der Waals surface area contributed by atoms with Gasteiger partial charge in [0.2, 0.25) is 0 Å². The van der Waals surface area contributed by atoms with Crippen molar-refractivity contribution in [2.45, 2.75) is 399 Å². The first-order valence-electron chi connectivity index (χ1n) is 36.8. The maximum Gasteiger partial charge on any atom is 0.0300 e. The summed E-state index contributed by atoms with van der Waals surface area (Å²) in [5.41, 5.74) is 2.25. The van der Waals surface area contributed by atoms with Crippen LogP contribution in [-0.2, 0) is 0 Å². The van der Waals surface area contributed by atoms with Crippen LogP contribution in [0.4, 0.5) is 0 Å². The van der Waals surface area contributed by atoms with Gasteiger partial charge in [-0.1, -0.05) is 373 Å². The van der Waals surface area contributed by atoms with Crippen LogP contribution in [0.3, 0.4) is 0 Å². The van der Waals surface area contributed by atoms with Crippen LogP contribution in [0.25, 0.3) is 0 Å². The predicted molar refractivity (Wildman–Crippen MR) is 342 cm³/mol. The lowest BCUT2D eigenvalue weighted by atomic mass is 9.74. The Hall–Kier alpha value is 0. The summed E-state index contributed by atoms with van der Waals surface area (Å²) in [5.74, 6) is 1.43. The molecule has 6 saturated carbocycles. The quantitative estimate of drug-likeness (QED) is 0.249. The number of rotatable bonds is 6. The summed E-state index contributed by atoms with van der Waals surface area (Å²) in [5, 5.41) is 0. The van der Waals surface area contributed by atoms with Gasteiger partial charge >= 0.3 is 0 Å². The monoisotopic (exact) mass is 1030 g/mol. The predicted octanol–water partition coefficient (Wildman–Crippen LogP) is 27.6. The van der Waals surface area contributed by atoms with Crippen LogP contribution in [0.2, 0.25) is 0 Å². The van der Waals surface area contributed by atoms with E-state index in [-0.39, 0.29) is 29.0 Å². The highest BCUT2D eigenvalue weighted by atomic mass is 14.3. The summed E-state index contributed by atoms with van der Waals surface area (Å²) in [6.07, 6.45) is 33.3. The van der Waals surface area contributed by atoms with Gasteiger partial charge < -0.3 is 0 Å². The lowest BCUT2D eigenvalue weighted by molar-refractivity contribution is 0.201. The largest absolute Gasteiger partial charge is 0.0651 e. The summed E-state index contributed by atoms with van der Waals surface area (Å²) in [4.78, 5) is 0. The SMILES string of the molecule is CC(C)(C)C.CC1CCC(C)(C)CC1.CCC(C)(C)CC.CCC1(C)CCCC1.[2H]C(C)(C)C.[2H]C([2H])(C)C(C)(C)C.[2H]C([2H])(C)C(C)C.[2H]C([2H])(C)C1CCCC1.[2H]C([2H])(C)C1CCCCC1.[2H]C1(C)CCCC1.[2H]C1(C)CCCCC1. The average Bonchev–Trinajstić information content (AvgIpc) is 4.11.